The molecule has 30 heteroatoms. The summed E-state index contributed by atoms with van der Waals surface area (Å²) >= 11 is 0. The summed E-state index contributed by atoms with van der Waals surface area (Å²) < 4.78 is 75.2. The molecule has 0 radical (unpaired) electrons. The normalized spacial score (nSPS) is 41.5. The number of aliphatic hydroxyl groups excluding tert-OH is 2. The van der Waals surface area contributed by atoms with Crippen LogP contribution < -0.4 is 15.2 Å². The van der Waals surface area contributed by atoms with E-state index in [-0.39, 0.29) is 78.1 Å². The van der Waals surface area contributed by atoms with Gasteiger partial charge in [-0.15, -0.1) is 0 Å². The zero-order valence-electron chi connectivity index (χ0n) is 52.6. The fourth-order valence-electron chi connectivity index (χ4n) is 14.8. The summed E-state index contributed by atoms with van der Waals surface area (Å²) in [5.41, 5.74) is -8.33. The van der Waals surface area contributed by atoms with Gasteiger partial charge in [-0.2, -0.15) is 0 Å². The first kappa shape index (κ1) is 68.1. The molecule has 10 N–H and O–H groups in total. The van der Waals surface area contributed by atoms with Gasteiger partial charge in [-0.05, 0) is 89.6 Å². The van der Waals surface area contributed by atoms with Crippen LogP contribution in [0.4, 0.5) is 0 Å². The van der Waals surface area contributed by atoms with E-state index in [1.54, 1.807) is 67.7 Å². The van der Waals surface area contributed by atoms with Crippen LogP contribution in [0.15, 0.2) is 12.1 Å². The zero-order chi connectivity index (χ0) is 65.9. The Hall–Kier alpha value is -4.72. The van der Waals surface area contributed by atoms with Crippen molar-refractivity contribution in [2.75, 3.05) is 35.3 Å². The minimum atomic E-state index is -1.85. The highest BCUT2D eigenvalue weighted by Crippen LogP contribution is 2.56. The number of quaternary nitrogens is 2. The molecule has 6 aliphatic heterocycles. The maximum absolute atomic E-state index is 15.3. The maximum atomic E-state index is 15.3. The molecule has 0 aromatic heterocycles. The van der Waals surface area contributed by atoms with Gasteiger partial charge in [0.15, 0.2) is 48.1 Å². The fraction of sp³-hybridized carbons (Fsp3) is 0.733. The summed E-state index contributed by atoms with van der Waals surface area (Å²) in [5.74, 6) is -5.25. The molecule has 0 amide bonds. The van der Waals surface area contributed by atoms with Gasteiger partial charge in [0.25, 0.3) is 0 Å². The predicted octanol–water partition coefficient (Wildman–Crippen LogP) is -0.278. The van der Waals surface area contributed by atoms with Crippen molar-refractivity contribution in [1.82, 2.24) is 9.80 Å². The van der Waals surface area contributed by atoms with Gasteiger partial charge < -0.3 is 108 Å². The van der Waals surface area contributed by atoms with Gasteiger partial charge in [-0.25, -0.2) is 20.9 Å². The van der Waals surface area contributed by atoms with Crippen molar-refractivity contribution in [1.29, 1.82) is 0 Å². The number of aromatic hydroxyl groups is 2. The van der Waals surface area contributed by atoms with Crippen molar-refractivity contribution >= 4 is 23.5 Å². The topological polar surface area (TPSA) is 402 Å². The van der Waals surface area contributed by atoms with E-state index in [1.165, 1.54) is 40.0 Å². The number of nitrogens with zero attached hydrogens (tertiary/aromatic N) is 2. The first-order chi connectivity index (χ1) is 42.0. The molecule has 2 bridgehead atoms. The summed E-state index contributed by atoms with van der Waals surface area (Å²) in [6.45, 7) is 12.4. The SMILES string of the molecule is COC1CC(OC2C(C)OC(OC3C(C)OC(OC4C(N(C)C)C(O)C5Oc6c(ccc7c6C(=O)c6c(O)c8c(c(O)c6C7=O)C(OC6CC(N(C)C)C(O)C(C)O6)CC(C)(O)C8)C4(C)O5)CC3(C)[NH+]([O-])O)CC2(C)[NH+]([O-])O)OC(C)C1OC(=O)CCC(=O)O. The summed E-state index contributed by atoms with van der Waals surface area (Å²) in [6.07, 6.45) is -20.7. The number of carboxylic acid groups (broad SMARTS) is 1. The molecule has 10 rings (SSSR count). The second-order valence-corrected chi connectivity index (χ2v) is 26.7. The Kier molecular flexibility index (Phi) is 19.1. The van der Waals surface area contributed by atoms with E-state index in [4.69, 9.17) is 61.9 Å². The highest BCUT2D eigenvalue weighted by Gasteiger charge is 2.63. The van der Waals surface area contributed by atoms with E-state index in [0.717, 1.165) is 0 Å². The third-order valence-electron chi connectivity index (χ3n) is 19.7. The van der Waals surface area contributed by atoms with Gasteiger partial charge in [-0.1, -0.05) is 6.07 Å². The number of fused-ring (bicyclic) bond motifs is 8. The van der Waals surface area contributed by atoms with Crippen LogP contribution in [-0.4, -0.2) is 237 Å². The largest absolute Gasteiger partial charge is 0.600 e. The summed E-state index contributed by atoms with van der Waals surface area (Å²) in [5, 5.41) is 115. The van der Waals surface area contributed by atoms with Crippen molar-refractivity contribution in [2.24, 2.45) is 0 Å². The molecule has 90 heavy (non-hydrogen) atoms. The number of likely N-dealkylation sites (N-methyl/N-ethyl adjacent to an activating group) is 2. The first-order valence-electron chi connectivity index (χ1n) is 30.3. The number of phenols is 2. The van der Waals surface area contributed by atoms with Gasteiger partial charge in [0.2, 0.25) is 12.1 Å². The molecule has 30 nitrogen and oxygen atoms in total. The molecule has 0 saturated carbocycles. The predicted molar refractivity (Wildman–Crippen MR) is 303 cm³/mol. The Bertz CT molecular complexity index is 3060. The van der Waals surface area contributed by atoms with Crippen molar-refractivity contribution < 1.29 is 128 Å². The smallest absolute Gasteiger partial charge is 0.306 e. The molecule has 5 fully saturated rings. The van der Waals surface area contributed by atoms with Crippen LogP contribution >= 0.6 is 0 Å². The fourth-order valence-corrected chi connectivity index (χ4v) is 14.8. The number of hydrogen-bond acceptors (Lipinski definition) is 27. The number of hydrogen-bond donors (Lipinski definition) is 10. The number of rotatable bonds is 17. The monoisotopic (exact) mass is 1280 g/mol. The number of ether oxygens (including phenoxy) is 12. The lowest BCUT2D eigenvalue weighted by molar-refractivity contribution is -1.09. The van der Waals surface area contributed by atoms with E-state index in [1.807, 2.05) is 4.90 Å². The van der Waals surface area contributed by atoms with Crippen LogP contribution in [0.2, 0.25) is 0 Å². The van der Waals surface area contributed by atoms with E-state index in [9.17, 15) is 60.7 Å². The van der Waals surface area contributed by atoms with Crippen LogP contribution in [0.5, 0.6) is 17.2 Å². The average molecular weight is 1280 g/mol. The first-order valence-corrected chi connectivity index (χ1v) is 30.3. The second kappa shape index (κ2) is 25.2. The number of carbonyl (C=O) groups is 4. The minimum absolute atomic E-state index is 0.0111. The Morgan fingerprint density at radius 3 is 1.82 bits per heavy atom. The Morgan fingerprint density at radius 2 is 1.26 bits per heavy atom. The molecule has 2 aromatic carbocycles. The summed E-state index contributed by atoms with van der Waals surface area (Å²) in [4.78, 5) is 57.2. The number of carbonyl (C=O) groups excluding carboxylic acids is 3. The molecule has 6 heterocycles. The molecular formula is C60H86N4O26. The quantitative estimate of drug-likeness (QED) is 0.0472. The number of carboxylic acids is 1. The number of phenolic OH excluding ortho intramolecular Hbond substituents is 2. The number of aliphatic hydroxyl groups is 3. The Morgan fingerprint density at radius 1 is 0.700 bits per heavy atom. The van der Waals surface area contributed by atoms with Crippen LogP contribution in [0.25, 0.3) is 0 Å². The molecule has 5 saturated heterocycles. The third kappa shape index (κ3) is 12.1. The van der Waals surface area contributed by atoms with Gasteiger partial charge in [0.05, 0.1) is 90.6 Å². The van der Waals surface area contributed by atoms with Crippen LogP contribution in [0.1, 0.15) is 155 Å². The van der Waals surface area contributed by atoms with Gasteiger partial charge in [0.1, 0.15) is 53.4 Å². The zero-order valence-corrected chi connectivity index (χ0v) is 52.6. The molecular weight excluding hydrogens is 1190 g/mol. The maximum Gasteiger partial charge on any atom is 0.306 e. The molecule has 8 aliphatic rings. The highest BCUT2D eigenvalue weighted by molar-refractivity contribution is 6.31. The van der Waals surface area contributed by atoms with Gasteiger partial charge in [-0.3, -0.25) is 19.2 Å². The molecule has 2 aliphatic carbocycles. The van der Waals surface area contributed by atoms with E-state index >= 15 is 4.79 Å². The molecule has 0 spiro atoms. The number of hydroxylamine groups is 4. The lowest BCUT2D eigenvalue weighted by Crippen LogP contribution is -3.17. The average Bonchev–Trinajstić information content (AvgIpc) is 0.700. The number of aliphatic carboxylic acids is 1. The van der Waals surface area contributed by atoms with Crippen LogP contribution in [0, 0.1) is 10.4 Å². The number of methoxy groups -OCH3 is 1. The van der Waals surface area contributed by atoms with Gasteiger partial charge in [0, 0.05) is 61.1 Å². The van der Waals surface area contributed by atoms with Crippen LogP contribution in [-0.2, 0) is 73.7 Å². The molecule has 2 aromatic rings. The summed E-state index contributed by atoms with van der Waals surface area (Å²) in [7, 11) is 8.32. The lowest BCUT2D eigenvalue weighted by Gasteiger charge is -2.57. The highest BCUT2D eigenvalue weighted by atomic mass is 16.8. The molecule has 502 valence electrons. The Labute approximate surface area is 519 Å². The van der Waals surface area contributed by atoms with E-state index in [0.29, 0.717) is 0 Å². The number of esters is 1. The second-order valence-electron chi connectivity index (χ2n) is 26.7. The molecule has 25 atom stereocenters. The lowest BCUT2D eigenvalue weighted by atomic mass is 9.72. The van der Waals surface area contributed by atoms with Crippen molar-refractivity contribution in [3.63, 3.8) is 0 Å². The standard InChI is InChI=1S/C60H86N4O26/c1-24-45(68)31(61(9)10)18-36(80-24)84-33-21-57(5,74)20-29-40(33)48(71)42-43(47(29)70)49(72)41-28(46(42)69)14-15-30-52(41)89-56-50(73)44(62(11)12)55(60(30,8)90-56)88-39-23-59(7,64(77)78)54(27(4)83-39)87-38-22-58(6,63(75)76)53(26(3)82-38)86-37-19-32(79-13)51(25(2)81-37)85-35(67)17-16-34(65)66/h14-15,24-27,31-33,36-39,44-45,50-51,53-56,63-64,68,70-71,73-75,77H,16-23H2,1-13H3,(H,65,66). The third-order valence-corrected chi connectivity index (χ3v) is 19.7. The summed E-state index contributed by atoms with van der Waals surface area (Å²) in [6, 6.07) is 1.46. The van der Waals surface area contributed by atoms with Crippen molar-refractivity contribution in [3.05, 3.63) is 61.5 Å². The number of benzene rings is 2. The van der Waals surface area contributed by atoms with Crippen LogP contribution in [0.3, 0.4) is 0 Å². The van der Waals surface area contributed by atoms with E-state index < -0.39 is 202 Å². The number of nitrogens with one attached hydrogen (secondary N) is 2. The van der Waals surface area contributed by atoms with Crippen molar-refractivity contribution in [3.8, 4) is 17.2 Å². The van der Waals surface area contributed by atoms with Gasteiger partial charge >= 0.3 is 11.9 Å². The number of ketones is 2. The molecule has 25 unspecified atom stereocenters. The van der Waals surface area contributed by atoms with Crippen molar-refractivity contribution in [2.45, 2.75) is 246 Å². The van der Waals surface area contributed by atoms with E-state index in [2.05, 4.69) is 0 Å². The minimum Gasteiger partial charge on any atom is -0.600 e. The Balaban J connectivity index is 0.893.